The molecule has 1 atom stereocenters. The molecule has 0 bridgehead atoms. The van der Waals surface area contributed by atoms with Gasteiger partial charge in [-0.05, 0) is 62.8 Å². The first-order chi connectivity index (χ1) is 17.1. The van der Waals surface area contributed by atoms with Gasteiger partial charge in [0.15, 0.2) is 0 Å². The van der Waals surface area contributed by atoms with Gasteiger partial charge in [0.2, 0.25) is 5.88 Å². The van der Waals surface area contributed by atoms with Crippen molar-refractivity contribution in [3.05, 3.63) is 61.1 Å². The fourth-order valence-electron chi connectivity index (χ4n) is 4.53. The lowest BCUT2D eigenvalue weighted by atomic mass is 10.1. The second-order valence-corrected chi connectivity index (χ2v) is 9.34. The van der Waals surface area contributed by atoms with Crippen LogP contribution in [0.5, 0.6) is 11.6 Å². The second-order valence-electron chi connectivity index (χ2n) is 9.34. The predicted octanol–water partition coefficient (Wildman–Crippen LogP) is 6.15. The van der Waals surface area contributed by atoms with E-state index in [2.05, 4.69) is 19.9 Å². The monoisotopic (exact) mass is 469 g/mol. The molecule has 4 aromatic rings. The van der Waals surface area contributed by atoms with E-state index in [0.29, 0.717) is 29.3 Å². The van der Waals surface area contributed by atoms with Gasteiger partial charge in [-0.15, -0.1) is 0 Å². The number of benzene rings is 2. The van der Waals surface area contributed by atoms with Crippen LogP contribution in [0.25, 0.3) is 22.2 Å². The van der Waals surface area contributed by atoms with Gasteiger partial charge in [-0.1, -0.05) is 12.1 Å². The van der Waals surface area contributed by atoms with Crippen molar-refractivity contribution in [1.29, 1.82) is 0 Å². The fourth-order valence-corrected chi connectivity index (χ4v) is 4.53. The van der Waals surface area contributed by atoms with Gasteiger partial charge in [0.1, 0.15) is 11.9 Å². The number of anilines is 2. The molecule has 2 fully saturated rings. The standard InChI is InChI=1S/C27H27N5O3/c1-16(17-2-3-17)34-27(33)31-19-6-4-18(5-7-19)26-25(28)22-11-10-21(35-24-15-29-12-13-30-24)14-23(22)32(26)20-8-9-20/h4-7,10-17,20H,2-3,8-9,28H2,1H3,(H,31,33)/t16-/m1/s1. The van der Waals surface area contributed by atoms with Crippen LogP contribution >= 0.6 is 0 Å². The summed E-state index contributed by atoms with van der Waals surface area (Å²) in [5, 5.41) is 3.81. The highest BCUT2D eigenvalue weighted by Crippen LogP contribution is 2.47. The van der Waals surface area contributed by atoms with Gasteiger partial charge < -0.3 is 19.8 Å². The van der Waals surface area contributed by atoms with E-state index in [9.17, 15) is 4.79 Å². The summed E-state index contributed by atoms with van der Waals surface area (Å²) >= 11 is 0. The summed E-state index contributed by atoms with van der Waals surface area (Å²) < 4.78 is 13.7. The largest absolute Gasteiger partial charge is 0.446 e. The molecular weight excluding hydrogens is 442 g/mol. The van der Waals surface area contributed by atoms with Crippen LogP contribution in [0, 0.1) is 5.92 Å². The number of amides is 1. The topological polar surface area (TPSA) is 104 Å². The van der Waals surface area contributed by atoms with Gasteiger partial charge in [0, 0.05) is 41.1 Å². The fraction of sp³-hybridized carbons (Fsp3) is 0.296. The summed E-state index contributed by atoms with van der Waals surface area (Å²) in [6.07, 6.45) is 8.81. The zero-order valence-electron chi connectivity index (χ0n) is 19.5. The van der Waals surface area contributed by atoms with Crippen LogP contribution in [-0.4, -0.2) is 26.7 Å². The number of carbonyl (C=O) groups is 1. The van der Waals surface area contributed by atoms with Crippen molar-refractivity contribution in [2.75, 3.05) is 11.1 Å². The third-order valence-electron chi connectivity index (χ3n) is 6.67. The quantitative estimate of drug-likeness (QED) is 0.336. The Kier molecular flexibility index (Phi) is 5.28. The van der Waals surface area contributed by atoms with Gasteiger partial charge in [-0.25, -0.2) is 9.78 Å². The zero-order valence-corrected chi connectivity index (χ0v) is 19.5. The minimum atomic E-state index is -0.417. The van der Waals surface area contributed by atoms with E-state index in [4.69, 9.17) is 15.2 Å². The summed E-state index contributed by atoms with van der Waals surface area (Å²) in [5.74, 6) is 1.63. The SMILES string of the molecule is C[C@@H](OC(=O)Nc1ccc(-c2c(N)c3ccc(Oc4cnccn4)cc3n2C2CC2)cc1)C1CC1. The first-order valence-electron chi connectivity index (χ1n) is 12.0. The Morgan fingerprint density at radius 1 is 1.11 bits per heavy atom. The summed E-state index contributed by atoms with van der Waals surface area (Å²) in [7, 11) is 0. The minimum absolute atomic E-state index is 0.0499. The molecule has 178 valence electrons. The zero-order chi connectivity index (χ0) is 23.9. The van der Waals surface area contributed by atoms with Crippen molar-refractivity contribution in [2.45, 2.75) is 44.8 Å². The Balaban J connectivity index is 1.29. The average molecular weight is 470 g/mol. The van der Waals surface area contributed by atoms with Crippen LogP contribution in [-0.2, 0) is 4.74 Å². The molecule has 0 saturated heterocycles. The molecule has 2 aromatic heterocycles. The number of nitrogens with two attached hydrogens (primary N) is 1. The smallest absolute Gasteiger partial charge is 0.411 e. The van der Waals surface area contributed by atoms with Crippen molar-refractivity contribution in [1.82, 2.24) is 14.5 Å². The molecule has 3 N–H and O–H groups in total. The second kappa shape index (κ2) is 8.61. The van der Waals surface area contributed by atoms with Crippen molar-refractivity contribution in [3.63, 3.8) is 0 Å². The van der Waals surface area contributed by atoms with E-state index >= 15 is 0 Å². The molecule has 35 heavy (non-hydrogen) atoms. The van der Waals surface area contributed by atoms with E-state index in [1.807, 2.05) is 49.4 Å². The lowest BCUT2D eigenvalue weighted by molar-refractivity contribution is 0.108. The molecule has 1 amide bonds. The molecule has 8 nitrogen and oxygen atoms in total. The van der Waals surface area contributed by atoms with Gasteiger partial charge in [-0.2, -0.15) is 0 Å². The number of aromatic nitrogens is 3. The van der Waals surface area contributed by atoms with Gasteiger partial charge in [0.25, 0.3) is 0 Å². The summed E-state index contributed by atoms with van der Waals surface area (Å²) in [4.78, 5) is 20.5. The first-order valence-corrected chi connectivity index (χ1v) is 12.0. The molecule has 2 heterocycles. The molecule has 0 radical (unpaired) electrons. The molecule has 0 spiro atoms. The number of nitrogens with zero attached hydrogens (tertiary/aromatic N) is 3. The summed E-state index contributed by atoms with van der Waals surface area (Å²) in [5.41, 5.74) is 11.1. The van der Waals surface area contributed by atoms with E-state index in [1.54, 1.807) is 18.6 Å². The highest BCUT2D eigenvalue weighted by molar-refractivity contribution is 6.02. The number of rotatable bonds is 7. The first kappa shape index (κ1) is 21.5. The maximum atomic E-state index is 12.2. The molecule has 0 aliphatic heterocycles. The van der Waals surface area contributed by atoms with Crippen LogP contribution in [0.2, 0.25) is 0 Å². The van der Waals surface area contributed by atoms with Crippen LogP contribution in [0.1, 0.15) is 38.6 Å². The Bertz CT molecular complexity index is 1380. The molecule has 8 heteroatoms. The normalized spacial score (nSPS) is 16.1. The Labute approximate surface area is 203 Å². The molecule has 6 rings (SSSR count). The van der Waals surface area contributed by atoms with Crippen LogP contribution < -0.4 is 15.8 Å². The Morgan fingerprint density at radius 2 is 1.91 bits per heavy atom. The number of hydrogen-bond donors (Lipinski definition) is 2. The van der Waals surface area contributed by atoms with E-state index in [-0.39, 0.29) is 6.10 Å². The van der Waals surface area contributed by atoms with Gasteiger partial charge in [0.05, 0.1) is 23.1 Å². The lowest BCUT2D eigenvalue weighted by Gasteiger charge is -2.14. The van der Waals surface area contributed by atoms with Gasteiger partial charge >= 0.3 is 6.09 Å². The van der Waals surface area contributed by atoms with E-state index in [0.717, 1.165) is 53.5 Å². The highest BCUT2D eigenvalue weighted by atomic mass is 16.6. The third-order valence-corrected chi connectivity index (χ3v) is 6.67. The average Bonchev–Trinajstić information content (AvgIpc) is 3.78. The summed E-state index contributed by atoms with van der Waals surface area (Å²) in [6, 6.07) is 14.0. The molecule has 2 aliphatic carbocycles. The lowest BCUT2D eigenvalue weighted by Crippen LogP contribution is -2.21. The maximum absolute atomic E-state index is 12.2. The van der Waals surface area contributed by atoms with E-state index in [1.165, 1.54) is 0 Å². The summed E-state index contributed by atoms with van der Waals surface area (Å²) in [6.45, 7) is 1.95. The van der Waals surface area contributed by atoms with Crippen LogP contribution in [0.15, 0.2) is 61.1 Å². The maximum Gasteiger partial charge on any atom is 0.411 e. The van der Waals surface area contributed by atoms with Gasteiger partial charge in [-0.3, -0.25) is 10.3 Å². The van der Waals surface area contributed by atoms with Crippen LogP contribution in [0.4, 0.5) is 16.2 Å². The molecule has 2 aliphatic rings. The molecule has 2 saturated carbocycles. The minimum Gasteiger partial charge on any atom is -0.446 e. The number of ether oxygens (including phenoxy) is 2. The molecule has 2 aromatic carbocycles. The number of nitrogen functional groups attached to an aromatic ring is 1. The van der Waals surface area contributed by atoms with Crippen molar-refractivity contribution >= 4 is 28.4 Å². The molecular formula is C27H27N5O3. The highest BCUT2D eigenvalue weighted by Gasteiger charge is 2.31. The predicted molar refractivity (Wildman–Crippen MR) is 134 cm³/mol. The Hall–Kier alpha value is -4.07. The Morgan fingerprint density at radius 3 is 2.60 bits per heavy atom. The number of hydrogen-bond acceptors (Lipinski definition) is 6. The third kappa shape index (κ3) is 4.39. The number of nitrogens with one attached hydrogen (secondary N) is 1. The molecule has 0 unspecified atom stereocenters. The van der Waals surface area contributed by atoms with Crippen LogP contribution in [0.3, 0.4) is 0 Å². The number of fused-ring (bicyclic) bond motifs is 1. The van der Waals surface area contributed by atoms with Crippen molar-refractivity contribution in [2.24, 2.45) is 5.92 Å². The number of carbonyl (C=O) groups excluding carboxylic acids is 1. The van der Waals surface area contributed by atoms with Crippen molar-refractivity contribution < 1.29 is 14.3 Å². The van der Waals surface area contributed by atoms with E-state index < -0.39 is 6.09 Å². The van der Waals surface area contributed by atoms with Crippen molar-refractivity contribution in [3.8, 4) is 22.9 Å².